The standard InChI is InChI=1S/C12H15BrO2S/c1-3-8(2)7-16-11-5-4-9(12(14)15)6-10(11)13/h4-6,8H,3,7H2,1-2H3,(H,14,15). The Labute approximate surface area is 109 Å². The maximum atomic E-state index is 10.7. The van der Waals surface area contributed by atoms with Crippen LogP contribution < -0.4 is 0 Å². The third-order valence-corrected chi connectivity index (χ3v) is 4.72. The Balaban J connectivity index is 2.72. The molecular weight excluding hydrogens is 288 g/mol. The molecule has 0 bridgehead atoms. The molecule has 2 nitrogen and oxygen atoms in total. The molecule has 4 heteroatoms. The van der Waals surface area contributed by atoms with Crippen molar-refractivity contribution in [2.24, 2.45) is 5.92 Å². The summed E-state index contributed by atoms with van der Waals surface area (Å²) in [5.74, 6) is 0.844. The number of benzene rings is 1. The highest BCUT2D eigenvalue weighted by Gasteiger charge is 2.08. The van der Waals surface area contributed by atoms with Crippen molar-refractivity contribution in [1.29, 1.82) is 0 Å². The van der Waals surface area contributed by atoms with E-state index < -0.39 is 5.97 Å². The SMILES string of the molecule is CCC(C)CSc1ccc(C(=O)O)cc1Br. The molecule has 0 spiro atoms. The van der Waals surface area contributed by atoms with Crippen LogP contribution >= 0.6 is 27.7 Å². The summed E-state index contributed by atoms with van der Waals surface area (Å²) < 4.78 is 0.862. The Morgan fingerprint density at radius 1 is 1.56 bits per heavy atom. The fraction of sp³-hybridized carbons (Fsp3) is 0.417. The van der Waals surface area contributed by atoms with Crippen LogP contribution in [0.2, 0.25) is 0 Å². The molecule has 0 saturated heterocycles. The molecular formula is C12H15BrO2S. The van der Waals surface area contributed by atoms with Crippen LogP contribution in [0, 0.1) is 5.92 Å². The van der Waals surface area contributed by atoms with Crippen molar-refractivity contribution in [2.45, 2.75) is 25.2 Å². The first-order chi connectivity index (χ1) is 7.54. The molecule has 0 amide bonds. The number of halogens is 1. The summed E-state index contributed by atoms with van der Waals surface area (Å²) in [5, 5.41) is 8.83. The van der Waals surface area contributed by atoms with E-state index in [0.717, 1.165) is 21.5 Å². The van der Waals surface area contributed by atoms with Crippen molar-refractivity contribution in [1.82, 2.24) is 0 Å². The maximum Gasteiger partial charge on any atom is 0.335 e. The van der Waals surface area contributed by atoms with E-state index >= 15 is 0 Å². The van der Waals surface area contributed by atoms with Gasteiger partial charge in [-0.15, -0.1) is 11.8 Å². The van der Waals surface area contributed by atoms with Gasteiger partial charge in [-0.25, -0.2) is 4.79 Å². The van der Waals surface area contributed by atoms with E-state index in [2.05, 4.69) is 29.8 Å². The summed E-state index contributed by atoms with van der Waals surface area (Å²) in [6.45, 7) is 4.39. The molecule has 1 aromatic rings. The van der Waals surface area contributed by atoms with Gasteiger partial charge in [0.1, 0.15) is 0 Å². The van der Waals surface area contributed by atoms with Gasteiger partial charge < -0.3 is 5.11 Å². The molecule has 16 heavy (non-hydrogen) atoms. The average molecular weight is 303 g/mol. The lowest BCUT2D eigenvalue weighted by Crippen LogP contribution is -1.97. The van der Waals surface area contributed by atoms with Crippen LogP contribution in [0.3, 0.4) is 0 Å². The topological polar surface area (TPSA) is 37.3 Å². The first kappa shape index (κ1) is 13.6. The van der Waals surface area contributed by atoms with E-state index in [1.807, 2.05) is 6.07 Å². The monoisotopic (exact) mass is 302 g/mol. The van der Waals surface area contributed by atoms with Crippen LogP contribution in [-0.4, -0.2) is 16.8 Å². The molecule has 0 aromatic heterocycles. The number of aromatic carboxylic acids is 1. The van der Waals surface area contributed by atoms with Gasteiger partial charge >= 0.3 is 5.97 Å². The summed E-state index contributed by atoms with van der Waals surface area (Å²) in [7, 11) is 0. The zero-order chi connectivity index (χ0) is 12.1. The van der Waals surface area contributed by atoms with E-state index in [1.165, 1.54) is 0 Å². The lowest BCUT2D eigenvalue weighted by Gasteiger charge is -2.09. The first-order valence-electron chi connectivity index (χ1n) is 5.20. The molecule has 0 aliphatic carbocycles. The zero-order valence-corrected chi connectivity index (χ0v) is 11.8. The molecule has 0 radical (unpaired) electrons. The van der Waals surface area contributed by atoms with Crippen molar-refractivity contribution in [3.05, 3.63) is 28.2 Å². The van der Waals surface area contributed by atoms with Gasteiger partial charge in [0.15, 0.2) is 0 Å². The Hall–Kier alpha value is -0.480. The Kier molecular flexibility index (Phi) is 5.35. The molecule has 0 heterocycles. The zero-order valence-electron chi connectivity index (χ0n) is 9.37. The van der Waals surface area contributed by atoms with Crippen LogP contribution in [0.4, 0.5) is 0 Å². The number of hydrogen-bond donors (Lipinski definition) is 1. The molecule has 0 aliphatic rings. The van der Waals surface area contributed by atoms with Crippen LogP contribution in [-0.2, 0) is 0 Å². The number of carboxylic acid groups (broad SMARTS) is 1. The van der Waals surface area contributed by atoms with E-state index in [1.54, 1.807) is 23.9 Å². The normalized spacial score (nSPS) is 12.4. The van der Waals surface area contributed by atoms with E-state index in [9.17, 15) is 4.79 Å². The molecule has 1 atom stereocenters. The molecule has 1 rings (SSSR count). The summed E-state index contributed by atoms with van der Waals surface area (Å²) in [6.07, 6.45) is 1.16. The van der Waals surface area contributed by atoms with Gasteiger partial charge in [0.25, 0.3) is 0 Å². The summed E-state index contributed by atoms with van der Waals surface area (Å²) in [5.41, 5.74) is 0.319. The molecule has 0 saturated carbocycles. The predicted molar refractivity (Wildman–Crippen MR) is 71.3 cm³/mol. The third kappa shape index (κ3) is 3.83. The van der Waals surface area contributed by atoms with Crippen molar-refractivity contribution >= 4 is 33.7 Å². The van der Waals surface area contributed by atoms with Gasteiger partial charge in [-0.1, -0.05) is 20.3 Å². The highest BCUT2D eigenvalue weighted by molar-refractivity contribution is 9.10. The van der Waals surface area contributed by atoms with Crippen molar-refractivity contribution < 1.29 is 9.90 Å². The van der Waals surface area contributed by atoms with Gasteiger partial charge in [-0.3, -0.25) is 0 Å². The summed E-state index contributed by atoms with van der Waals surface area (Å²) in [4.78, 5) is 11.9. The number of carbonyl (C=O) groups is 1. The van der Waals surface area contributed by atoms with Crippen molar-refractivity contribution in [2.75, 3.05) is 5.75 Å². The van der Waals surface area contributed by atoms with E-state index in [-0.39, 0.29) is 0 Å². The van der Waals surface area contributed by atoms with Gasteiger partial charge in [-0.2, -0.15) is 0 Å². The minimum atomic E-state index is -0.890. The fourth-order valence-corrected chi connectivity index (χ4v) is 2.88. The lowest BCUT2D eigenvalue weighted by atomic mass is 10.2. The highest BCUT2D eigenvalue weighted by Crippen LogP contribution is 2.30. The van der Waals surface area contributed by atoms with Gasteiger partial charge in [-0.05, 0) is 40.0 Å². The Bertz CT molecular complexity index is 379. The van der Waals surface area contributed by atoms with E-state index in [4.69, 9.17) is 5.11 Å². The number of thioether (sulfide) groups is 1. The molecule has 1 aromatic carbocycles. The molecule has 1 unspecified atom stereocenters. The Morgan fingerprint density at radius 3 is 2.75 bits per heavy atom. The van der Waals surface area contributed by atoms with Crippen molar-refractivity contribution in [3.8, 4) is 0 Å². The van der Waals surface area contributed by atoms with Crippen LogP contribution in [0.1, 0.15) is 30.6 Å². The maximum absolute atomic E-state index is 10.7. The van der Waals surface area contributed by atoms with Crippen molar-refractivity contribution in [3.63, 3.8) is 0 Å². The quantitative estimate of drug-likeness (QED) is 0.825. The van der Waals surface area contributed by atoms with E-state index in [0.29, 0.717) is 11.5 Å². The molecule has 1 N–H and O–H groups in total. The minimum absolute atomic E-state index is 0.319. The number of rotatable bonds is 5. The second kappa shape index (κ2) is 6.30. The van der Waals surface area contributed by atoms with Gasteiger partial charge in [0.2, 0.25) is 0 Å². The third-order valence-electron chi connectivity index (χ3n) is 2.40. The largest absolute Gasteiger partial charge is 0.478 e. The fourth-order valence-electron chi connectivity index (χ4n) is 1.10. The molecule has 0 aliphatic heterocycles. The average Bonchev–Trinajstić information content (AvgIpc) is 2.26. The summed E-state index contributed by atoms with van der Waals surface area (Å²) in [6, 6.07) is 5.16. The second-order valence-electron chi connectivity index (χ2n) is 3.77. The number of carboxylic acids is 1. The second-order valence-corrected chi connectivity index (χ2v) is 5.69. The van der Waals surface area contributed by atoms with Crippen LogP contribution in [0.15, 0.2) is 27.6 Å². The smallest absolute Gasteiger partial charge is 0.335 e. The van der Waals surface area contributed by atoms with Crippen LogP contribution in [0.25, 0.3) is 0 Å². The molecule has 0 fully saturated rings. The first-order valence-corrected chi connectivity index (χ1v) is 6.98. The van der Waals surface area contributed by atoms with Crippen LogP contribution in [0.5, 0.6) is 0 Å². The highest BCUT2D eigenvalue weighted by atomic mass is 79.9. The number of hydrogen-bond acceptors (Lipinski definition) is 2. The molecule has 88 valence electrons. The van der Waals surface area contributed by atoms with Gasteiger partial charge in [0.05, 0.1) is 5.56 Å². The predicted octanol–water partition coefficient (Wildman–Crippen LogP) is 4.29. The minimum Gasteiger partial charge on any atom is -0.478 e. The van der Waals surface area contributed by atoms with Gasteiger partial charge in [0, 0.05) is 15.1 Å². The Morgan fingerprint density at radius 2 is 2.25 bits per heavy atom. The summed E-state index contributed by atoms with van der Waals surface area (Å²) >= 11 is 5.16. The lowest BCUT2D eigenvalue weighted by molar-refractivity contribution is 0.0696.